The molecule has 180 valence electrons. The molecular formula is C20H23N7O7. The number of aromatic amines is 1. The lowest BCUT2D eigenvalue weighted by Gasteiger charge is -2.29. The van der Waals surface area contributed by atoms with Crippen LogP contribution in [0.25, 0.3) is 11.2 Å². The summed E-state index contributed by atoms with van der Waals surface area (Å²) in [6, 6.07) is -1.53. The Morgan fingerprint density at radius 3 is 2.59 bits per heavy atom. The number of carboxylic acids is 2. The number of amides is 2. The molecule has 1 atom stereocenters. The number of imide groups is 1. The van der Waals surface area contributed by atoms with Gasteiger partial charge in [0.1, 0.15) is 6.04 Å². The van der Waals surface area contributed by atoms with Crippen LogP contribution in [-0.2, 0) is 25.7 Å². The number of carbonyl (C=O) groups is 4. The maximum Gasteiger partial charge on any atom is 0.326 e. The number of nitrogen functional groups attached to an aromatic ring is 1. The summed E-state index contributed by atoms with van der Waals surface area (Å²) in [6.45, 7) is 0.164. The summed E-state index contributed by atoms with van der Waals surface area (Å²) >= 11 is 0. The predicted octanol–water partition coefficient (Wildman–Crippen LogP) is -0.270. The second-order valence-electron chi connectivity index (χ2n) is 7.78. The minimum Gasteiger partial charge on any atom is -0.481 e. The molecule has 2 aromatic heterocycles. The average Bonchev–Trinajstić information content (AvgIpc) is 2.80. The van der Waals surface area contributed by atoms with Gasteiger partial charge in [-0.1, -0.05) is 0 Å². The van der Waals surface area contributed by atoms with Crippen molar-refractivity contribution in [3.63, 3.8) is 0 Å². The summed E-state index contributed by atoms with van der Waals surface area (Å²) < 4.78 is 0. The number of carbonyl (C=O) groups excluding carboxylic acids is 2. The van der Waals surface area contributed by atoms with E-state index < -0.39 is 41.8 Å². The van der Waals surface area contributed by atoms with Gasteiger partial charge in [-0.25, -0.2) is 14.8 Å². The first kappa shape index (κ1) is 24.4. The highest BCUT2D eigenvalue weighted by Crippen LogP contribution is 2.26. The molecule has 0 radical (unpaired) electrons. The predicted molar refractivity (Wildman–Crippen MR) is 117 cm³/mol. The number of aliphatic imine (C=N–C) groups is 1. The number of hydrogen-bond acceptors (Lipinski definition) is 10. The zero-order valence-corrected chi connectivity index (χ0v) is 18.0. The Morgan fingerprint density at radius 2 is 1.97 bits per heavy atom. The SMILES string of the molecule is Nc1nc2ncc(CN=C3CCC(C(=O)N(C=O)[C@@H](CCC(=O)O)C(=O)O)CC3)nc2c(=O)[nH]1. The third-order valence-corrected chi connectivity index (χ3v) is 5.48. The number of carboxylic acid groups (broad SMARTS) is 2. The molecule has 1 aliphatic rings. The number of anilines is 1. The van der Waals surface area contributed by atoms with Crippen LogP contribution in [0.5, 0.6) is 0 Å². The minimum absolute atomic E-state index is 0.0473. The van der Waals surface area contributed by atoms with Gasteiger partial charge in [-0.2, -0.15) is 4.98 Å². The highest BCUT2D eigenvalue weighted by atomic mass is 16.4. The maximum atomic E-state index is 12.8. The number of aromatic nitrogens is 4. The lowest BCUT2D eigenvalue weighted by atomic mass is 9.86. The Morgan fingerprint density at radius 1 is 1.26 bits per heavy atom. The van der Waals surface area contributed by atoms with Gasteiger partial charge in [-0.15, -0.1) is 0 Å². The van der Waals surface area contributed by atoms with E-state index in [-0.39, 0.29) is 36.5 Å². The van der Waals surface area contributed by atoms with Gasteiger partial charge in [0.05, 0.1) is 18.4 Å². The Kier molecular flexibility index (Phi) is 7.60. The van der Waals surface area contributed by atoms with E-state index in [0.29, 0.717) is 36.3 Å². The van der Waals surface area contributed by atoms with Crippen molar-refractivity contribution in [1.82, 2.24) is 24.8 Å². The molecule has 1 fully saturated rings. The molecular weight excluding hydrogens is 450 g/mol. The molecule has 2 aromatic rings. The lowest BCUT2D eigenvalue weighted by molar-refractivity contribution is -0.156. The second-order valence-corrected chi connectivity index (χ2v) is 7.78. The first-order valence-corrected chi connectivity index (χ1v) is 10.4. The quantitative estimate of drug-likeness (QED) is 0.347. The van der Waals surface area contributed by atoms with Gasteiger partial charge in [0, 0.05) is 18.1 Å². The second kappa shape index (κ2) is 10.6. The number of rotatable bonds is 9. The molecule has 34 heavy (non-hydrogen) atoms. The summed E-state index contributed by atoms with van der Waals surface area (Å²) in [4.78, 5) is 78.1. The van der Waals surface area contributed by atoms with Crippen LogP contribution in [0.1, 0.15) is 44.2 Å². The first-order valence-electron chi connectivity index (χ1n) is 10.4. The average molecular weight is 473 g/mol. The molecule has 14 heteroatoms. The maximum absolute atomic E-state index is 12.8. The van der Waals surface area contributed by atoms with Crippen molar-refractivity contribution in [2.24, 2.45) is 10.9 Å². The van der Waals surface area contributed by atoms with Crippen LogP contribution in [0.2, 0.25) is 0 Å². The summed E-state index contributed by atoms with van der Waals surface area (Å²) in [7, 11) is 0. The fraction of sp³-hybridized carbons (Fsp3) is 0.450. The third-order valence-electron chi connectivity index (χ3n) is 5.48. The van der Waals surface area contributed by atoms with Crippen LogP contribution in [0.3, 0.4) is 0 Å². The topological polar surface area (TPSA) is 222 Å². The number of nitrogens with one attached hydrogen (secondary N) is 1. The zero-order valence-electron chi connectivity index (χ0n) is 18.0. The highest BCUT2D eigenvalue weighted by molar-refractivity contribution is 5.95. The zero-order chi connectivity index (χ0) is 24.8. The number of fused-ring (bicyclic) bond motifs is 1. The third kappa shape index (κ3) is 5.76. The molecule has 1 aliphatic carbocycles. The van der Waals surface area contributed by atoms with E-state index >= 15 is 0 Å². The summed E-state index contributed by atoms with van der Waals surface area (Å²) in [5.41, 5.74) is 6.41. The Bertz CT molecular complexity index is 1200. The molecule has 3 rings (SSSR count). The van der Waals surface area contributed by atoms with Crippen molar-refractivity contribution < 1.29 is 29.4 Å². The Balaban J connectivity index is 1.62. The minimum atomic E-state index is -1.53. The van der Waals surface area contributed by atoms with E-state index in [9.17, 15) is 29.1 Å². The van der Waals surface area contributed by atoms with Crippen LogP contribution in [0, 0.1) is 5.92 Å². The van der Waals surface area contributed by atoms with Crippen LogP contribution in [0.4, 0.5) is 5.95 Å². The summed E-state index contributed by atoms with van der Waals surface area (Å²) in [6.07, 6.45) is 2.37. The van der Waals surface area contributed by atoms with E-state index in [1.54, 1.807) is 0 Å². The number of aliphatic carboxylic acids is 2. The van der Waals surface area contributed by atoms with Crippen molar-refractivity contribution in [2.45, 2.75) is 51.1 Å². The largest absolute Gasteiger partial charge is 0.481 e. The van der Waals surface area contributed by atoms with Gasteiger partial charge in [0.15, 0.2) is 11.2 Å². The Hall–Kier alpha value is -4.23. The number of H-pyrrole nitrogens is 1. The fourth-order valence-corrected chi connectivity index (χ4v) is 3.73. The van der Waals surface area contributed by atoms with Gasteiger partial charge in [0.25, 0.3) is 5.56 Å². The molecule has 5 N–H and O–H groups in total. The standard InChI is InChI=1S/C20H23N7O7/c21-20-25-16-15(17(31)26-20)24-12(8-23-16)7-22-11-3-1-10(2-4-11)18(32)27(9-28)13(19(33)34)5-6-14(29)30/h8-10,13H,1-7H2,(H,29,30)(H,33,34)(H3,21,23,25,26,31)/t10?,13-/m0/s1. The molecule has 0 saturated heterocycles. The van der Waals surface area contributed by atoms with Gasteiger partial charge < -0.3 is 15.9 Å². The molecule has 1 saturated carbocycles. The monoisotopic (exact) mass is 473 g/mol. The Labute approximate surface area is 191 Å². The van der Waals surface area contributed by atoms with E-state index in [1.807, 2.05) is 0 Å². The lowest BCUT2D eigenvalue weighted by Crippen LogP contribution is -2.47. The molecule has 2 amide bonds. The smallest absolute Gasteiger partial charge is 0.326 e. The van der Waals surface area contributed by atoms with E-state index in [4.69, 9.17) is 10.8 Å². The van der Waals surface area contributed by atoms with E-state index in [1.165, 1.54) is 6.20 Å². The number of nitrogens with zero attached hydrogens (tertiary/aromatic N) is 5. The van der Waals surface area contributed by atoms with Gasteiger partial charge in [0.2, 0.25) is 18.3 Å². The van der Waals surface area contributed by atoms with Crippen LogP contribution < -0.4 is 11.3 Å². The van der Waals surface area contributed by atoms with Gasteiger partial charge in [-0.05, 0) is 32.1 Å². The first-order chi connectivity index (χ1) is 16.2. The molecule has 0 aliphatic heterocycles. The van der Waals surface area contributed by atoms with Crippen LogP contribution in [-0.4, -0.2) is 71.1 Å². The van der Waals surface area contributed by atoms with Crippen molar-refractivity contribution in [3.05, 3.63) is 22.2 Å². The molecule has 0 aromatic carbocycles. The molecule has 0 spiro atoms. The van der Waals surface area contributed by atoms with E-state index in [0.717, 1.165) is 5.71 Å². The van der Waals surface area contributed by atoms with Crippen molar-refractivity contribution in [3.8, 4) is 0 Å². The van der Waals surface area contributed by atoms with E-state index in [2.05, 4.69) is 24.9 Å². The summed E-state index contributed by atoms with van der Waals surface area (Å²) in [5.74, 6) is -3.93. The van der Waals surface area contributed by atoms with Crippen LogP contribution in [0.15, 0.2) is 16.0 Å². The van der Waals surface area contributed by atoms with Crippen molar-refractivity contribution >= 4 is 47.1 Å². The highest BCUT2D eigenvalue weighted by Gasteiger charge is 2.35. The van der Waals surface area contributed by atoms with Crippen LogP contribution >= 0.6 is 0 Å². The number of nitrogens with two attached hydrogens (primary N) is 1. The molecule has 14 nitrogen and oxygen atoms in total. The van der Waals surface area contributed by atoms with Gasteiger partial charge >= 0.3 is 11.9 Å². The molecule has 0 unspecified atom stereocenters. The fourth-order valence-electron chi connectivity index (χ4n) is 3.73. The summed E-state index contributed by atoms with van der Waals surface area (Å²) in [5, 5.41) is 18.1. The number of hydrogen-bond donors (Lipinski definition) is 4. The normalized spacial score (nSPS) is 16.6. The molecule has 2 heterocycles. The molecule has 0 bridgehead atoms. The van der Waals surface area contributed by atoms with Crippen molar-refractivity contribution in [1.29, 1.82) is 0 Å². The van der Waals surface area contributed by atoms with Gasteiger partial charge in [-0.3, -0.25) is 34.1 Å². The van der Waals surface area contributed by atoms with Crippen molar-refractivity contribution in [2.75, 3.05) is 5.73 Å².